The van der Waals surface area contributed by atoms with Crippen molar-refractivity contribution in [1.29, 1.82) is 0 Å². The molecule has 2 N–H and O–H groups in total. The predicted octanol–water partition coefficient (Wildman–Crippen LogP) is 2.55. The molecule has 0 bridgehead atoms. The molecule has 1 fully saturated rings. The monoisotopic (exact) mass is 371 g/mol. The van der Waals surface area contributed by atoms with Gasteiger partial charge in [-0.1, -0.05) is 13.3 Å². The minimum absolute atomic E-state index is 0. The fraction of sp³-hybridized carbons (Fsp3) is 0.667. The summed E-state index contributed by atoms with van der Waals surface area (Å²) in [5.41, 5.74) is 0. The SMILES string of the molecule is CCCC(CN1C[C@H](n2cccc2)C[C@@H]1C(=O)O)C(C)NC(C)=O.Cl. The highest BCUT2D eigenvalue weighted by molar-refractivity contribution is 5.85. The number of carboxylic acids is 1. The molecule has 1 aliphatic heterocycles. The van der Waals surface area contributed by atoms with E-state index in [-0.39, 0.29) is 36.3 Å². The van der Waals surface area contributed by atoms with Crippen molar-refractivity contribution in [2.75, 3.05) is 13.1 Å². The Bertz CT molecular complexity index is 550. The van der Waals surface area contributed by atoms with Crippen LogP contribution in [-0.2, 0) is 9.59 Å². The Hall–Kier alpha value is -1.53. The molecule has 2 rings (SSSR count). The lowest BCUT2D eigenvalue weighted by atomic mass is 9.95. The summed E-state index contributed by atoms with van der Waals surface area (Å²) in [6, 6.07) is 3.72. The van der Waals surface area contributed by atoms with Crippen LogP contribution in [-0.4, -0.2) is 51.6 Å². The second kappa shape index (κ2) is 9.82. The van der Waals surface area contributed by atoms with E-state index in [9.17, 15) is 14.7 Å². The highest BCUT2D eigenvalue weighted by Crippen LogP contribution is 2.29. The summed E-state index contributed by atoms with van der Waals surface area (Å²) in [6.07, 6.45) is 6.60. The van der Waals surface area contributed by atoms with Crippen molar-refractivity contribution in [1.82, 2.24) is 14.8 Å². The molecule has 1 aromatic heterocycles. The molecule has 25 heavy (non-hydrogen) atoms. The Labute approximate surface area is 156 Å². The lowest BCUT2D eigenvalue weighted by Crippen LogP contribution is -2.45. The summed E-state index contributed by atoms with van der Waals surface area (Å²) in [5.74, 6) is -0.540. The number of aromatic nitrogens is 1. The third kappa shape index (κ3) is 5.75. The van der Waals surface area contributed by atoms with Gasteiger partial charge in [-0.15, -0.1) is 12.4 Å². The van der Waals surface area contributed by atoms with Crippen LogP contribution in [0.15, 0.2) is 24.5 Å². The van der Waals surface area contributed by atoms with E-state index in [0.717, 1.165) is 19.4 Å². The van der Waals surface area contributed by atoms with Gasteiger partial charge >= 0.3 is 5.97 Å². The Morgan fingerprint density at radius 3 is 2.48 bits per heavy atom. The van der Waals surface area contributed by atoms with Crippen LogP contribution in [0.2, 0.25) is 0 Å². The largest absolute Gasteiger partial charge is 0.480 e. The Balaban J connectivity index is 0.00000312. The van der Waals surface area contributed by atoms with Crippen molar-refractivity contribution < 1.29 is 14.7 Å². The molecule has 142 valence electrons. The van der Waals surface area contributed by atoms with Crippen LogP contribution in [0.1, 0.15) is 46.1 Å². The molecule has 0 saturated carbocycles. The highest BCUT2D eigenvalue weighted by Gasteiger charge is 2.38. The van der Waals surface area contributed by atoms with Crippen LogP contribution in [0, 0.1) is 5.92 Å². The predicted molar refractivity (Wildman–Crippen MR) is 100 cm³/mol. The third-order valence-electron chi connectivity index (χ3n) is 4.98. The van der Waals surface area contributed by atoms with E-state index in [4.69, 9.17) is 0 Å². The van der Waals surface area contributed by atoms with E-state index in [1.54, 1.807) is 0 Å². The van der Waals surface area contributed by atoms with E-state index in [2.05, 4.69) is 21.7 Å². The van der Waals surface area contributed by atoms with E-state index in [1.165, 1.54) is 6.92 Å². The van der Waals surface area contributed by atoms with E-state index < -0.39 is 12.0 Å². The number of carbonyl (C=O) groups excluding carboxylic acids is 1. The Morgan fingerprint density at radius 2 is 1.96 bits per heavy atom. The number of rotatable bonds is 8. The normalized spacial score (nSPS) is 22.8. The van der Waals surface area contributed by atoms with Crippen LogP contribution < -0.4 is 5.32 Å². The zero-order valence-electron chi connectivity index (χ0n) is 15.2. The molecule has 0 spiro atoms. The summed E-state index contributed by atoms with van der Waals surface area (Å²) >= 11 is 0. The van der Waals surface area contributed by atoms with Crippen molar-refractivity contribution in [3.05, 3.63) is 24.5 Å². The van der Waals surface area contributed by atoms with Crippen LogP contribution in [0.4, 0.5) is 0 Å². The second-order valence-corrected chi connectivity index (χ2v) is 6.87. The first kappa shape index (κ1) is 21.5. The molecular formula is C18H30ClN3O3. The van der Waals surface area contributed by atoms with E-state index in [0.29, 0.717) is 13.0 Å². The van der Waals surface area contributed by atoms with Crippen molar-refractivity contribution in [2.45, 2.75) is 58.2 Å². The first-order valence-electron chi connectivity index (χ1n) is 8.78. The number of halogens is 1. The maximum atomic E-state index is 11.7. The molecule has 1 saturated heterocycles. The van der Waals surface area contributed by atoms with Crippen LogP contribution in [0.5, 0.6) is 0 Å². The van der Waals surface area contributed by atoms with Gasteiger partial charge in [-0.25, -0.2) is 0 Å². The molecular weight excluding hydrogens is 342 g/mol. The summed E-state index contributed by atoms with van der Waals surface area (Å²) in [4.78, 5) is 25.1. The maximum Gasteiger partial charge on any atom is 0.321 e. The first-order valence-corrected chi connectivity index (χ1v) is 8.78. The summed E-state index contributed by atoms with van der Waals surface area (Å²) in [5, 5.41) is 12.6. The number of nitrogens with one attached hydrogen (secondary N) is 1. The average Bonchev–Trinajstić information content (AvgIpc) is 3.15. The van der Waals surface area contributed by atoms with Gasteiger partial charge in [0.15, 0.2) is 0 Å². The summed E-state index contributed by atoms with van der Waals surface area (Å²) in [6.45, 7) is 7.09. The number of aliphatic carboxylic acids is 1. The maximum absolute atomic E-state index is 11.7. The Morgan fingerprint density at radius 1 is 1.32 bits per heavy atom. The van der Waals surface area contributed by atoms with Crippen LogP contribution in [0.3, 0.4) is 0 Å². The number of nitrogens with zero attached hydrogens (tertiary/aromatic N) is 2. The molecule has 7 heteroatoms. The molecule has 6 nitrogen and oxygen atoms in total. The van der Waals surface area contributed by atoms with Gasteiger partial charge in [-0.3, -0.25) is 14.5 Å². The zero-order valence-corrected chi connectivity index (χ0v) is 16.0. The fourth-order valence-corrected chi connectivity index (χ4v) is 3.76. The molecule has 2 heterocycles. The van der Waals surface area contributed by atoms with Gasteiger partial charge in [0.2, 0.25) is 5.91 Å². The van der Waals surface area contributed by atoms with Crippen molar-refractivity contribution in [3.8, 4) is 0 Å². The van der Waals surface area contributed by atoms with Gasteiger partial charge in [0, 0.05) is 44.5 Å². The minimum Gasteiger partial charge on any atom is -0.480 e. The molecule has 0 aliphatic carbocycles. The van der Waals surface area contributed by atoms with Gasteiger partial charge in [-0.2, -0.15) is 0 Å². The number of hydrogen-bond acceptors (Lipinski definition) is 3. The summed E-state index contributed by atoms with van der Waals surface area (Å²) in [7, 11) is 0. The lowest BCUT2D eigenvalue weighted by molar-refractivity contribution is -0.142. The summed E-state index contributed by atoms with van der Waals surface area (Å²) < 4.78 is 2.10. The lowest BCUT2D eigenvalue weighted by Gasteiger charge is -2.30. The Kier molecular flexibility index (Phi) is 8.45. The van der Waals surface area contributed by atoms with Gasteiger partial charge in [-0.05, 0) is 37.8 Å². The molecule has 0 radical (unpaired) electrons. The van der Waals surface area contributed by atoms with E-state index >= 15 is 0 Å². The van der Waals surface area contributed by atoms with Crippen molar-refractivity contribution in [2.24, 2.45) is 5.92 Å². The molecule has 2 unspecified atom stereocenters. The quantitative estimate of drug-likeness (QED) is 0.736. The molecule has 1 aliphatic rings. The van der Waals surface area contributed by atoms with Gasteiger partial charge in [0.25, 0.3) is 0 Å². The number of carbonyl (C=O) groups is 2. The van der Waals surface area contributed by atoms with Crippen LogP contribution >= 0.6 is 12.4 Å². The minimum atomic E-state index is -0.757. The van der Waals surface area contributed by atoms with E-state index in [1.807, 2.05) is 31.5 Å². The van der Waals surface area contributed by atoms with Gasteiger partial charge < -0.3 is 15.0 Å². The van der Waals surface area contributed by atoms with Gasteiger partial charge in [0.05, 0.1) is 0 Å². The highest BCUT2D eigenvalue weighted by atomic mass is 35.5. The average molecular weight is 372 g/mol. The second-order valence-electron chi connectivity index (χ2n) is 6.87. The smallest absolute Gasteiger partial charge is 0.321 e. The fourth-order valence-electron chi connectivity index (χ4n) is 3.76. The standard InChI is InChI=1S/C18H29N3O3.ClH/c1-4-7-15(13(2)19-14(3)22)11-21-12-16(10-17(21)18(23)24)20-8-5-6-9-20;/h5-6,8-9,13,15-17H,4,7,10-12H2,1-3H3,(H,19,22)(H,23,24);1H/t13?,15?,16-,17-;/m1./s1. The van der Waals surface area contributed by atoms with Crippen molar-refractivity contribution >= 4 is 24.3 Å². The topological polar surface area (TPSA) is 74.6 Å². The number of hydrogen-bond donors (Lipinski definition) is 2. The van der Waals surface area contributed by atoms with Crippen LogP contribution in [0.25, 0.3) is 0 Å². The molecule has 0 aromatic carbocycles. The van der Waals surface area contributed by atoms with Crippen molar-refractivity contribution in [3.63, 3.8) is 0 Å². The molecule has 1 amide bonds. The number of carboxylic acid groups (broad SMARTS) is 1. The van der Waals surface area contributed by atoms with Gasteiger partial charge in [0.1, 0.15) is 6.04 Å². The number of likely N-dealkylation sites (tertiary alicyclic amines) is 1. The molecule has 4 atom stereocenters. The number of amides is 1. The molecule has 1 aromatic rings. The first-order chi connectivity index (χ1) is 11.4. The third-order valence-corrected chi connectivity index (χ3v) is 4.98. The zero-order chi connectivity index (χ0) is 17.7.